The molecule has 2 heterocycles. The Kier molecular flexibility index (Phi) is 15.8. The summed E-state index contributed by atoms with van der Waals surface area (Å²) in [5.74, 6) is -1.38. The normalized spacial score (nSPS) is 17.9. The molecule has 0 radical (unpaired) electrons. The first-order valence-corrected chi connectivity index (χ1v) is 25.0. The van der Waals surface area contributed by atoms with Crippen LogP contribution in [0.2, 0.25) is 0 Å². The van der Waals surface area contributed by atoms with Gasteiger partial charge in [0.2, 0.25) is 0 Å². The Hall–Kier alpha value is -7.68. The van der Waals surface area contributed by atoms with Gasteiger partial charge in [0, 0.05) is 48.1 Å². The summed E-state index contributed by atoms with van der Waals surface area (Å²) >= 11 is 0. The fourth-order valence-electron chi connectivity index (χ4n) is 10.6. The summed E-state index contributed by atoms with van der Waals surface area (Å²) in [7, 11) is 2.14. The molecule has 0 unspecified atom stereocenters. The number of methoxy groups -OCH3 is 2. The van der Waals surface area contributed by atoms with Crippen molar-refractivity contribution < 1.29 is 54.9 Å². The summed E-state index contributed by atoms with van der Waals surface area (Å²) in [5, 5.41) is 11.8. The monoisotopic (exact) mass is 1040 g/mol. The van der Waals surface area contributed by atoms with Crippen molar-refractivity contribution in [2.45, 2.75) is 75.2 Å². The molecule has 0 amide bonds. The van der Waals surface area contributed by atoms with E-state index in [1.165, 1.54) is 34.0 Å². The second-order valence-electron chi connectivity index (χ2n) is 19.1. The molecule has 0 fully saturated rings. The van der Waals surface area contributed by atoms with Crippen LogP contribution >= 0.6 is 0 Å². The molecule has 392 valence electrons. The Bertz CT molecular complexity index is 3140. The number of hydrogen-bond acceptors (Lipinski definition) is 8. The van der Waals surface area contributed by atoms with Crippen molar-refractivity contribution in [1.82, 2.24) is 10.6 Å². The molecule has 2 aliphatic heterocycles. The number of esters is 2. The molecule has 2 N–H and O–H groups in total. The SMILES string of the molecule is COC(=O)c1ccc([C@@H]2C[C@H](CN[C@H](C)c3cccc4ccccc34)Oc3ccccc32)cc1C(F)(F)F.COC(=O)c1ccc([C@H]2C[C@H](CN[C@H](C)c3cccc4ccccc34)Oc3ccccc32)cc1C(F)(F)F. The maximum Gasteiger partial charge on any atom is 0.417 e. The van der Waals surface area contributed by atoms with Crippen LogP contribution in [0.3, 0.4) is 0 Å². The third-order valence-corrected chi connectivity index (χ3v) is 14.4. The molecule has 8 aromatic rings. The van der Waals surface area contributed by atoms with Crippen LogP contribution in [0.1, 0.15) is 116 Å². The topological polar surface area (TPSA) is 95.1 Å². The van der Waals surface area contributed by atoms with E-state index < -0.39 is 46.5 Å². The number of carbonyl (C=O) groups excluding carboxylic acids is 2. The number of carbonyl (C=O) groups is 2. The quantitative estimate of drug-likeness (QED) is 0.0923. The first kappa shape index (κ1) is 53.2. The molecule has 0 bridgehead atoms. The van der Waals surface area contributed by atoms with E-state index in [0.29, 0.717) is 48.6 Å². The summed E-state index contributed by atoms with van der Waals surface area (Å²) < 4.78 is 105. The highest BCUT2D eigenvalue weighted by molar-refractivity contribution is 5.92. The van der Waals surface area contributed by atoms with Gasteiger partial charge >= 0.3 is 24.3 Å². The van der Waals surface area contributed by atoms with Gasteiger partial charge in [-0.1, -0.05) is 133 Å². The lowest BCUT2D eigenvalue weighted by Gasteiger charge is -2.34. The molecular weight excluding hydrogens is 983 g/mol. The molecule has 0 spiro atoms. The standard InChI is InChI=1S/2C31H28F3NO3/c2*1-19(23-12-7-9-20-8-3-4-10-24(20)23)35-18-22-17-27(25-11-5-6-13-29(25)38-22)21-14-15-26(30(36)37-2)28(16-21)31(32,33)34/h2*3-16,19,22,27,35H,17-18H2,1-2H3/t19-,22-,27+;19-,22-,27-/m11/s1. The maximum atomic E-state index is 13.9. The van der Waals surface area contributed by atoms with Gasteiger partial charge in [0.15, 0.2) is 0 Å². The Labute approximate surface area is 437 Å². The number of ether oxygens (including phenoxy) is 4. The molecule has 10 rings (SSSR count). The van der Waals surface area contributed by atoms with Crippen LogP contribution in [0.15, 0.2) is 170 Å². The van der Waals surface area contributed by atoms with Crippen molar-refractivity contribution in [3.05, 3.63) is 225 Å². The van der Waals surface area contributed by atoms with Gasteiger partial charge in [-0.25, -0.2) is 9.59 Å². The number of rotatable bonds is 12. The van der Waals surface area contributed by atoms with E-state index in [-0.39, 0.29) is 36.1 Å². The highest BCUT2D eigenvalue weighted by Gasteiger charge is 2.40. The predicted molar refractivity (Wildman–Crippen MR) is 281 cm³/mol. The molecule has 0 saturated heterocycles. The summed E-state index contributed by atoms with van der Waals surface area (Å²) in [6.45, 7) is 5.22. The number of nitrogens with one attached hydrogen (secondary N) is 2. The number of fused-ring (bicyclic) bond motifs is 4. The minimum absolute atomic E-state index is 0.0384. The smallest absolute Gasteiger partial charge is 0.417 e. The van der Waals surface area contributed by atoms with Crippen LogP contribution in [-0.4, -0.2) is 51.5 Å². The molecule has 2 aliphatic rings. The highest BCUT2D eigenvalue weighted by Crippen LogP contribution is 2.45. The minimum atomic E-state index is -4.70. The predicted octanol–water partition coefficient (Wildman–Crippen LogP) is 14.6. The summed E-state index contributed by atoms with van der Waals surface area (Å²) in [4.78, 5) is 24.0. The average molecular weight is 1040 g/mol. The first-order chi connectivity index (χ1) is 36.5. The van der Waals surface area contributed by atoms with Crippen molar-refractivity contribution in [1.29, 1.82) is 0 Å². The zero-order valence-corrected chi connectivity index (χ0v) is 42.2. The molecule has 0 aromatic heterocycles. The Balaban J connectivity index is 0.000000186. The average Bonchev–Trinajstić information content (AvgIpc) is 3.47. The van der Waals surface area contributed by atoms with E-state index in [1.807, 2.05) is 84.9 Å². The van der Waals surface area contributed by atoms with Gasteiger partial charge in [0.1, 0.15) is 23.7 Å². The van der Waals surface area contributed by atoms with Crippen LogP contribution < -0.4 is 20.1 Å². The molecule has 8 aromatic carbocycles. The zero-order valence-electron chi connectivity index (χ0n) is 42.2. The fraction of sp³-hybridized carbons (Fsp3) is 0.258. The largest absolute Gasteiger partial charge is 0.489 e. The van der Waals surface area contributed by atoms with Gasteiger partial charge < -0.3 is 29.6 Å². The van der Waals surface area contributed by atoms with Crippen LogP contribution in [-0.2, 0) is 21.8 Å². The molecule has 8 nitrogen and oxygen atoms in total. The Morgan fingerprint density at radius 1 is 0.513 bits per heavy atom. The Morgan fingerprint density at radius 2 is 0.882 bits per heavy atom. The van der Waals surface area contributed by atoms with Gasteiger partial charge in [0.25, 0.3) is 0 Å². The van der Waals surface area contributed by atoms with E-state index in [9.17, 15) is 35.9 Å². The summed E-state index contributed by atoms with van der Waals surface area (Å²) in [5.41, 5.74) is 1.97. The first-order valence-electron chi connectivity index (χ1n) is 25.0. The van der Waals surface area contributed by atoms with Gasteiger partial charge in [-0.05, 0) is 107 Å². The number of halogens is 6. The zero-order chi connectivity index (χ0) is 53.7. The maximum absolute atomic E-state index is 13.9. The third-order valence-electron chi connectivity index (χ3n) is 14.4. The summed E-state index contributed by atoms with van der Waals surface area (Å²) in [6, 6.07) is 51.5. The van der Waals surface area contributed by atoms with Crippen molar-refractivity contribution in [3.63, 3.8) is 0 Å². The van der Waals surface area contributed by atoms with Gasteiger partial charge in [-0.2, -0.15) is 26.3 Å². The number of hydrogen-bond donors (Lipinski definition) is 2. The van der Waals surface area contributed by atoms with E-state index in [4.69, 9.17) is 9.47 Å². The van der Waals surface area contributed by atoms with Crippen LogP contribution in [0, 0.1) is 0 Å². The van der Waals surface area contributed by atoms with Crippen molar-refractivity contribution in [3.8, 4) is 11.5 Å². The lowest BCUT2D eigenvalue weighted by atomic mass is 9.83. The third kappa shape index (κ3) is 11.6. The van der Waals surface area contributed by atoms with Crippen molar-refractivity contribution >= 4 is 33.5 Å². The van der Waals surface area contributed by atoms with Crippen molar-refractivity contribution in [2.75, 3.05) is 27.3 Å². The van der Waals surface area contributed by atoms with Gasteiger partial charge in [0.05, 0.1) is 36.5 Å². The van der Waals surface area contributed by atoms with E-state index in [2.05, 4.69) is 82.5 Å². The Morgan fingerprint density at radius 3 is 1.28 bits per heavy atom. The van der Waals surface area contributed by atoms with E-state index in [1.54, 1.807) is 12.1 Å². The van der Waals surface area contributed by atoms with Gasteiger partial charge in [-0.15, -0.1) is 0 Å². The lowest BCUT2D eigenvalue weighted by Crippen LogP contribution is -2.37. The lowest BCUT2D eigenvalue weighted by molar-refractivity contribution is -0.138. The second kappa shape index (κ2) is 22.7. The number of benzene rings is 8. The van der Waals surface area contributed by atoms with Crippen LogP contribution in [0.5, 0.6) is 11.5 Å². The number of alkyl halides is 6. The van der Waals surface area contributed by atoms with Gasteiger partial charge in [-0.3, -0.25) is 0 Å². The summed E-state index contributed by atoms with van der Waals surface area (Å²) in [6.07, 6.45) is -8.94. The molecule has 14 heteroatoms. The molecule has 6 atom stereocenters. The minimum Gasteiger partial charge on any atom is -0.489 e. The van der Waals surface area contributed by atoms with E-state index >= 15 is 0 Å². The molecule has 76 heavy (non-hydrogen) atoms. The van der Waals surface area contributed by atoms with Crippen LogP contribution in [0.25, 0.3) is 21.5 Å². The van der Waals surface area contributed by atoms with Crippen molar-refractivity contribution in [2.24, 2.45) is 0 Å². The molecule has 0 saturated carbocycles. The molecular formula is C62H56F6N2O6. The second-order valence-corrected chi connectivity index (χ2v) is 19.1. The van der Waals surface area contributed by atoms with E-state index in [0.717, 1.165) is 48.3 Å². The van der Waals surface area contributed by atoms with Crippen LogP contribution in [0.4, 0.5) is 26.3 Å². The molecule has 0 aliphatic carbocycles. The fourth-order valence-corrected chi connectivity index (χ4v) is 10.6. The highest BCUT2D eigenvalue weighted by atomic mass is 19.4. The number of para-hydroxylation sites is 2.